The van der Waals surface area contributed by atoms with E-state index in [2.05, 4.69) is 0 Å². The van der Waals surface area contributed by atoms with Gasteiger partial charge in [0.25, 0.3) is 5.91 Å². The standard InChI is InChI=1S/C17H15N3O2/c18-8-9-20-14-6-1-2-7-15(14)22-16(17(20)21)11-12-4-3-5-13(19)10-12/h1-7,10,16H,9,11,19H2. The number of amides is 1. The third kappa shape index (κ3) is 2.59. The number of nitrogens with zero attached hydrogens (tertiary/aromatic N) is 2. The van der Waals surface area contributed by atoms with Gasteiger partial charge in [0, 0.05) is 12.1 Å². The molecule has 0 aliphatic carbocycles. The van der Waals surface area contributed by atoms with Crippen molar-refractivity contribution in [1.82, 2.24) is 0 Å². The largest absolute Gasteiger partial charge is 0.478 e. The number of nitrogen functional groups attached to an aromatic ring is 1. The first kappa shape index (κ1) is 14.0. The molecule has 1 heterocycles. The van der Waals surface area contributed by atoms with Crippen molar-refractivity contribution in [3.05, 3.63) is 54.1 Å². The van der Waals surface area contributed by atoms with Crippen LogP contribution in [0.15, 0.2) is 48.5 Å². The summed E-state index contributed by atoms with van der Waals surface area (Å²) in [6.45, 7) is 0.00658. The minimum atomic E-state index is -0.648. The number of carbonyl (C=O) groups excluding carboxylic acids is 1. The molecule has 0 aromatic heterocycles. The molecule has 0 fully saturated rings. The lowest BCUT2D eigenvalue weighted by atomic mass is 10.0. The van der Waals surface area contributed by atoms with Gasteiger partial charge in [0.05, 0.1) is 11.8 Å². The van der Waals surface area contributed by atoms with Crippen molar-refractivity contribution in [1.29, 1.82) is 5.26 Å². The molecule has 2 aromatic carbocycles. The zero-order chi connectivity index (χ0) is 15.5. The number of nitriles is 1. The maximum Gasteiger partial charge on any atom is 0.269 e. The molecule has 5 nitrogen and oxygen atoms in total. The third-order valence-corrected chi connectivity index (χ3v) is 3.57. The average Bonchev–Trinajstić information content (AvgIpc) is 2.51. The Hall–Kier alpha value is -3.00. The van der Waals surface area contributed by atoms with Crippen LogP contribution in [0.2, 0.25) is 0 Å². The van der Waals surface area contributed by atoms with Gasteiger partial charge in [-0.2, -0.15) is 5.26 Å². The van der Waals surface area contributed by atoms with E-state index in [9.17, 15) is 4.79 Å². The number of hydrogen-bond acceptors (Lipinski definition) is 4. The Balaban J connectivity index is 1.91. The van der Waals surface area contributed by atoms with Crippen LogP contribution in [0.25, 0.3) is 0 Å². The van der Waals surface area contributed by atoms with Gasteiger partial charge in [0.2, 0.25) is 0 Å². The molecule has 110 valence electrons. The topological polar surface area (TPSA) is 79.4 Å². The molecule has 0 bridgehead atoms. The summed E-state index contributed by atoms with van der Waals surface area (Å²) in [5.41, 5.74) is 7.98. The zero-order valence-electron chi connectivity index (χ0n) is 11.9. The lowest BCUT2D eigenvalue weighted by molar-refractivity contribution is -0.126. The number of para-hydroxylation sites is 2. The van der Waals surface area contributed by atoms with Crippen LogP contribution < -0.4 is 15.4 Å². The van der Waals surface area contributed by atoms with E-state index in [1.807, 2.05) is 36.4 Å². The number of ether oxygens (including phenoxy) is 1. The average molecular weight is 293 g/mol. The first-order valence-electron chi connectivity index (χ1n) is 6.97. The van der Waals surface area contributed by atoms with E-state index in [0.717, 1.165) is 5.56 Å². The first-order valence-corrected chi connectivity index (χ1v) is 6.97. The summed E-state index contributed by atoms with van der Waals surface area (Å²) >= 11 is 0. The van der Waals surface area contributed by atoms with Gasteiger partial charge >= 0.3 is 0 Å². The summed E-state index contributed by atoms with van der Waals surface area (Å²) in [4.78, 5) is 14.1. The summed E-state index contributed by atoms with van der Waals surface area (Å²) in [7, 11) is 0. The predicted molar refractivity (Wildman–Crippen MR) is 83.4 cm³/mol. The Morgan fingerprint density at radius 3 is 2.82 bits per heavy atom. The van der Waals surface area contributed by atoms with E-state index in [1.165, 1.54) is 4.90 Å². The second-order valence-corrected chi connectivity index (χ2v) is 5.11. The van der Waals surface area contributed by atoms with Crippen LogP contribution in [0.1, 0.15) is 5.56 Å². The monoisotopic (exact) mass is 293 g/mol. The van der Waals surface area contributed by atoms with Crippen LogP contribution in [0, 0.1) is 11.3 Å². The van der Waals surface area contributed by atoms with Crippen molar-refractivity contribution < 1.29 is 9.53 Å². The molecule has 1 aliphatic rings. The summed E-state index contributed by atoms with van der Waals surface area (Å²) in [6, 6.07) is 16.6. The smallest absolute Gasteiger partial charge is 0.269 e. The van der Waals surface area contributed by atoms with Crippen molar-refractivity contribution in [3.8, 4) is 11.8 Å². The lowest BCUT2D eigenvalue weighted by Gasteiger charge is -2.33. The fourth-order valence-corrected chi connectivity index (χ4v) is 2.57. The van der Waals surface area contributed by atoms with E-state index < -0.39 is 6.10 Å². The van der Waals surface area contributed by atoms with Crippen LogP contribution in [-0.2, 0) is 11.2 Å². The van der Waals surface area contributed by atoms with Gasteiger partial charge in [0.1, 0.15) is 12.3 Å². The Labute approximate surface area is 128 Å². The second-order valence-electron chi connectivity index (χ2n) is 5.11. The first-order chi connectivity index (χ1) is 10.7. The molecule has 1 amide bonds. The summed E-state index contributed by atoms with van der Waals surface area (Å²) < 4.78 is 5.82. The molecule has 1 atom stereocenters. The fraction of sp³-hybridized carbons (Fsp3) is 0.176. The molecule has 1 aliphatic heterocycles. The molecule has 0 saturated carbocycles. The molecule has 0 saturated heterocycles. The van der Waals surface area contributed by atoms with Crippen LogP contribution in [-0.4, -0.2) is 18.6 Å². The zero-order valence-corrected chi connectivity index (χ0v) is 11.9. The SMILES string of the molecule is N#CCN1C(=O)C(Cc2cccc(N)c2)Oc2ccccc21. The predicted octanol–water partition coefficient (Wildman–Crippen LogP) is 2.13. The van der Waals surface area contributed by atoms with Gasteiger partial charge in [-0.1, -0.05) is 24.3 Å². The van der Waals surface area contributed by atoms with Crippen LogP contribution in [0.4, 0.5) is 11.4 Å². The third-order valence-electron chi connectivity index (χ3n) is 3.57. The highest BCUT2D eigenvalue weighted by atomic mass is 16.5. The minimum Gasteiger partial charge on any atom is -0.478 e. The normalized spacial score (nSPS) is 16.6. The van der Waals surface area contributed by atoms with E-state index in [0.29, 0.717) is 23.5 Å². The van der Waals surface area contributed by atoms with E-state index in [1.54, 1.807) is 18.2 Å². The van der Waals surface area contributed by atoms with Crippen molar-refractivity contribution in [2.75, 3.05) is 17.2 Å². The lowest BCUT2D eigenvalue weighted by Crippen LogP contribution is -2.47. The number of nitrogens with two attached hydrogens (primary N) is 1. The van der Waals surface area contributed by atoms with E-state index >= 15 is 0 Å². The van der Waals surface area contributed by atoms with Crippen molar-refractivity contribution >= 4 is 17.3 Å². The van der Waals surface area contributed by atoms with Crippen LogP contribution in [0.3, 0.4) is 0 Å². The highest BCUT2D eigenvalue weighted by molar-refractivity contribution is 6.00. The van der Waals surface area contributed by atoms with Crippen molar-refractivity contribution in [3.63, 3.8) is 0 Å². The van der Waals surface area contributed by atoms with Gasteiger partial charge < -0.3 is 10.5 Å². The summed E-state index contributed by atoms with van der Waals surface area (Å²) in [5.74, 6) is 0.411. The van der Waals surface area contributed by atoms with Crippen LogP contribution >= 0.6 is 0 Å². The van der Waals surface area contributed by atoms with Gasteiger partial charge in [0.15, 0.2) is 6.10 Å². The number of fused-ring (bicyclic) bond motifs is 1. The maximum absolute atomic E-state index is 12.6. The molecule has 1 unspecified atom stereocenters. The molecule has 0 radical (unpaired) electrons. The number of carbonyl (C=O) groups is 1. The highest BCUT2D eigenvalue weighted by Crippen LogP contribution is 2.34. The fourth-order valence-electron chi connectivity index (χ4n) is 2.57. The summed E-state index contributed by atoms with van der Waals surface area (Å²) in [6.07, 6.45) is -0.231. The minimum absolute atomic E-state index is 0.00658. The summed E-state index contributed by atoms with van der Waals surface area (Å²) in [5, 5.41) is 8.97. The highest BCUT2D eigenvalue weighted by Gasteiger charge is 2.34. The van der Waals surface area contributed by atoms with Gasteiger partial charge in [-0.25, -0.2) is 0 Å². The van der Waals surface area contributed by atoms with Gasteiger partial charge in [-0.3, -0.25) is 9.69 Å². The Morgan fingerprint density at radius 2 is 2.05 bits per heavy atom. The molecule has 3 rings (SSSR count). The van der Waals surface area contributed by atoms with Crippen molar-refractivity contribution in [2.45, 2.75) is 12.5 Å². The molecule has 22 heavy (non-hydrogen) atoms. The Morgan fingerprint density at radius 1 is 1.23 bits per heavy atom. The molecule has 2 aromatic rings. The van der Waals surface area contributed by atoms with Crippen LogP contribution in [0.5, 0.6) is 5.75 Å². The van der Waals surface area contributed by atoms with E-state index in [-0.39, 0.29) is 12.5 Å². The number of anilines is 2. The quantitative estimate of drug-likeness (QED) is 0.694. The molecule has 5 heteroatoms. The Kier molecular flexibility index (Phi) is 3.67. The van der Waals surface area contributed by atoms with E-state index in [4.69, 9.17) is 15.7 Å². The number of hydrogen-bond donors (Lipinski definition) is 1. The Bertz CT molecular complexity index is 752. The number of rotatable bonds is 3. The molecular weight excluding hydrogens is 278 g/mol. The molecular formula is C17H15N3O2. The van der Waals surface area contributed by atoms with Crippen molar-refractivity contribution in [2.24, 2.45) is 0 Å². The van der Waals surface area contributed by atoms with Gasteiger partial charge in [-0.15, -0.1) is 0 Å². The maximum atomic E-state index is 12.6. The molecule has 2 N–H and O–H groups in total. The molecule has 0 spiro atoms. The number of benzene rings is 2. The van der Waals surface area contributed by atoms with Gasteiger partial charge in [-0.05, 0) is 29.8 Å². The second kappa shape index (κ2) is 5.78.